The van der Waals surface area contributed by atoms with E-state index in [1.54, 1.807) is 30.4 Å². The van der Waals surface area contributed by atoms with E-state index in [1.807, 2.05) is 0 Å². The third-order valence-corrected chi connectivity index (χ3v) is 4.30. The number of carbonyl (C=O) groups excluding carboxylic acids is 2. The number of carbonyl (C=O) groups is 2. The molecule has 1 saturated heterocycles. The van der Waals surface area contributed by atoms with Crippen molar-refractivity contribution in [2.24, 2.45) is 0 Å². The van der Waals surface area contributed by atoms with Crippen molar-refractivity contribution in [2.75, 3.05) is 13.7 Å². The van der Waals surface area contributed by atoms with E-state index >= 15 is 0 Å². The molecule has 0 spiro atoms. The van der Waals surface area contributed by atoms with Crippen LogP contribution in [0.5, 0.6) is 11.5 Å². The minimum atomic E-state index is -0.429. The zero-order valence-electron chi connectivity index (χ0n) is 12.7. The molecule has 0 atom stereocenters. The third-order valence-electron chi connectivity index (χ3n) is 2.92. The van der Waals surface area contributed by atoms with E-state index in [-0.39, 0.29) is 5.91 Å². The normalized spacial score (nSPS) is 15.9. The number of amides is 1. The van der Waals surface area contributed by atoms with Gasteiger partial charge in [-0.2, -0.15) is 0 Å². The van der Waals surface area contributed by atoms with Crippen LogP contribution >= 0.6 is 24.0 Å². The molecule has 1 aliphatic rings. The van der Waals surface area contributed by atoms with Gasteiger partial charge in [-0.3, -0.25) is 14.5 Å². The maximum Gasteiger partial charge on any atom is 0.308 e. The molecule has 1 aromatic carbocycles. The van der Waals surface area contributed by atoms with E-state index in [4.69, 9.17) is 21.7 Å². The number of thioether (sulfide) groups is 1. The summed E-state index contributed by atoms with van der Waals surface area (Å²) in [6.07, 6.45) is 3.35. The lowest BCUT2D eigenvalue weighted by Crippen LogP contribution is -2.27. The predicted octanol–water partition coefficient (Wildman–Crippen LogP) is 3.01. The van der Waals surface area contributed by atoms with E-state index in [1.165, 1.54) is 30.7 Å². The molecule has 0 radical (unpaired) electrons. The molecule has 0 aromatic heterocycles. The first kappa shape index (κ1) is 17.2. The monoisotopic (exact) mass is 349 g/mol. The third kappa shape index (κ3) is 4.00. The van der Waals surface area contributed by atoms with Gasteiger partial charge in [0.25, 0.3) is 5.91 Å². The lowest BCUT2D eigenvalue weighted by atomic mass is 10.2. The summed E-state index contributed by atoms with van der Waals surface area (Å²) in [4.78, 5) is 25.4. The molecule has 1 amide bonds. The average molecular weight is 349 g/mol. The van der Waals surface area contributed by atoms with Gasteiger partial charge in [-0.25, -0.2) is 0 Å². The van der Waals surface area contributed by atoms with Crippen LogP contribution in [-0.2, 0) is 9.59 Å². The Hall–Kier alpha value is -2.12. The number of hydrogen-bond donors (Lipinski definition) is 0. The quantitative estimate of drug-likeness (QED) is 0.268. The lowest BCUT2D eigenvalue weighted by molar-refractivity contribution is -0.132. The van der Waals surface area contributed by atoms with Crippen molar-refractivity contribution in [1.29, 1.82) is 0 Å². The maximum absolute atomic E-state index is 12.3. The summed E-state index contributed by atoms with van der Waals surface area (Å²) in [5.41, 5.74) is 0.747. The zero-order chi connectivity index (χ0) is 17.0. The Balaban J connectivity index is 2.29. The van der Waals surface area contributed by atoms with Crippen molar-refractivity contribution in [2.45, 2.75) is 6.92 Å². The minimum absolute atomic E-state index is 0.150. The second-order valence-corrected chi connectivity index (χ2v) is 6.26. The van der Waals surface area contributed by atoms with Gasteiger partial charge in [0.05, 0.1) is 12.0 Å². The summed E-state index contributed by atoms with van der Waals surface area (Å²) in [6, 6.07) is 5.05. The summed E-state index contributed by atoms with van der Waals surface area (Å²) in [6.45, 7) is 5.32. The average Bonchev–Trinajstić information content (AvgIpc) is 2.76. The molecule has 0 bridgehead atoms. The summed E-state index contributed by atoms with van der Waals surface area (Å²) in [5.74, 6) is 0.163. The molecule has 0 saturated carbocycles. The fourth-order valence-electron chi connectivity index (χ4n) is 1.95. The number of hydrogen-bond acceptors (Lipinski definition) is 6. The van der Waals surface area contributed by atoms with Crippen LogP contribution in [0.1, 0.15) is 12.5 Å². The van der Waals surface area contributed by atoms with Gasteiger partial charge in [-0.15, -0.1) is 6.58 Å². The maximum atomic E-state index is 12.3. The Labute approximate surface area is 143 Å². The SMILES string of the molecule is C=CCN1C(=O)C(=Cc2ccc(OC(C)=O)c(OC)c2)SC1=S. The Bertz CT molecular complexity index is 712. The molecule has 0 aliphatic carbocycles. The predicted molar refractivity (Wildman–Crippen MR) is 94.4 cm³/mol. The Morgan fingerprint density at radius 3 is 2.78 bits per heavy atom. The molecule has 7 heteroatoms. The number of benzene rings is 1. The van der Waals surface area contributed by atoms with E-state index in [2.05, 4.69) is 6.58 Å². The van der Waals surface area contributed by atoms with Crippen molar-refractivity contribution in [3.8, 4) is 11.5 Å². The van der Waals surface area contributed by atoms with Gasteiger partial charge in [-0.05, 0) is 23.8 Å². The number of esters is 1. The van der Waals surface area contributed by atoms with Crippen molar-refractivity contribution in [1.82, 2.24) is 4.90 Å². The van der Waals surface area contributed by atoms with Crippen LogP contribution in [0.2, 0.25) is 0 Å². The topological polar surface area (TPSA) is 55.8 Å². The molecule has 2 rings (SSSR count). The van der Waals surface area contributed by atoms with Crippen LogP contribution in [0.4, 0.5) is 0 Å². The molecule has 5 nitrogen and oxygen atoms in total. The molecule has 1 fully saturated rings. The lowest BCUT2D eigenvalue weighted by Gasteiger charge is -2.10. The highest BCUT2D eigenvalue weighted by atomic mass is 32.2. The van der Waals surface area contributed by atoms with Gasteiger partial charge >= 0.3 is 5.97 Å². The fraction of sp³-hybridized carbons (Fsp3) is 0.188. The van der Waals surface area contributed by atoms with Crippen molar-refractivity contribution in [3.63, 3.8) is 0 Å². The number of ether oxygens (including phenoxy) is 2. The molecular weight excluding hydrogens is 334 g/mol. The van der Waals surface area contributed by atoms with E-state index in [0.29, 0.717) is 27.3 Å². The van der Waals surface area contributed by atoms with Crippen LogP contribution in [0.15, 0.2) is 35.8 Å². The van der Waals surface area contributed by atoms with E-state index < -0.39 is 5.97 Å². The van der Waals surface area contributed by atoms with Crippen LogP contribution in [0.3, 0.4) is 0 Å². The summed E-state index contributed by atoms with van der Waals surface area (Å²) < 4.78 is 10.8. The highest BCUT2D eigenvalue weighted by molar-refractivity contribution is 8.26. The second-order valence-electron chi connectivity index (χ2n) is 4.58. The van der Waals surface area contributed by atoms with Gasteiger partial charge in [-0.1, -0.05) is 36.1 Å². The van der Waals surface area contributed by atoms with Gasteiger partial charge in [0, 0.05) is 13.5 Å². The Morgan fingerprint density at radius 2 is 2.17 bits per heavy atom. The summed E-state index contributed by atoms with van der Waals surface area (Å²) in [5, 5.41) is 0. The summed E-state index contributed by atoms with van der Waals surface area (Å²) in [7, 11) is 1.48. The van der Waals surface area contributed by atoms with Crippen LogP contribution < -0.4 is 9.47 Å². The zero-order valence-corrected chi connectivity index (χ0v) is 14.3. The highest BCUT2D eigenvalue weighted by Gasteiger charge is 2.30. The van der Waals surface area contributed by atoms with Crippen molar-refractivity contribution in [3.05, 3.63) is 41.3 Å². The number of rotatable bonds is 5. The molecule has 23 heavy (non-hydrogen) atoms. The minimum Gasteiger partial charge on any atom is -0.493 e. The molecule has 1 aliphatic heterocycles. The molecule has 0 N–H and O–H groups in total. The van der Waals surface area contributed by atoms with Crippen LogP contribution in [0, 0.1) is 0 Å². The van der Waals surface area contributed by atoms with Gasteiger partial charge in [0.15, 0.2) is 11.5 Å². The first-order valence-corrected chi connectivity index (χ1v) is 7.91. The number of thiocarbonyl (C=S) groups is 1. The molecule has 120 valence electrons. The van der Waals surface area contributed by atoms with Crippen LogP contribution in [-0.4, -0.2) is 34.8 Å². The van der Waals surface area contributed by atoms with Gasteiger partial charge in [0.2, 0.25) is 0 Å². The van der Waals surface area contributed by atoms with Crippen molar-refractivity contribution < 1.29 is 19.1 Å². The first-order chi connectivity index (χ1) is 11.0. The number of methoxy groups -OCH3 is 1. The van der Waals surface area contributed by atoms with Gasteiger partial charge in [0.1, 0.15) is 4.32 Å². The highest BCUT2D eigenvalue weighted by Crippen LogP contribution is 2.34. The molecular formula is C16H15NO4S2. The van der Waals surface area contributed by atoms with E-state index in [9.17, 15) is 9.59 Å². The molecule has 1 heterocycles. The summed E-state index contributed by atoms with van der Waals surface area (Å²) >= 11 is 6.43. The number of nitrogens with zero attached hydrogens (tertiary/aromatic N) is 1. The van der Waals surface area contributed by atoms with Gasteiger partial charge < -0.3 is 9.47 Å². The molecule has 0 unspecified atom stereocenters. The standard InChI is InChI=1S/C16H15NO4S2/c1-4-7-17-15(19)14(23-16(17)22)9-11-5-6-12(21-10(2)18)13(8-11)20-3/h4-6,8-9H,1,7H2,2-3H3. The van der Waals surface area contributed by atoms with Crippen LogP contribution in [0.25, 0.3) is 6.08 Å². The fourth-order valence-corrected chi connectivity index (χ4v) is 3.23. The van der Waals surface area contributed by atoms with Crippen molar-refractivity contribution >= 4 is 46.3 Å². The largest absolute Gasteiger partial charge is 0.493 e. The molecule has 1 aromatic rings. The first-order valence-electron chi connectivity index (χ1n) is 6.69. The van der Waals surface area contributed by atoms with E-state index in [0.717, 1.165) is 5.56 Å². The second kappa shape index (κ2) is 7.43. The Morgan fingerprint density at radius 1 is 1.43 bits per heavy atom. The smallest absolute Gasteiger partial charge is 0.308 e. The Kier molecular flexibility index (Phi) is 5.57.